The predicted octanol–water partition coefficient (Wildman–Crippen LogP) is 2.38. The fourth-order valence-electron chi connectivity index (χ4n) is 3.92. The average molecular weight is 479 g/mol. The largest absolute Gasteiger partial charge is 0.379 e. The number of anilines is 1. The van der Waals surface area contributed by atoms with E-state index in [-0.39, 0.29) is 46.0 Å². The van der Waals surface area contributed by atoms with Gasteiger partial charge in [0.2, 0.25) is 5.28 Å². The topological polar surface area (TPSA) is 129 Å². The van der Waals surface area contributed by atoms with Gasteiger partial charge in [-0.05, 0) is 43.0 Å². The summed E-state index contributed by atoms with van der Waals surface area (Å²) in [4.78, 5) is 30.4. The molecule has 3 heterocycles. The Morgan fingerprint density at radius 2 is 2.03 bits per heavy atom. The molecule has 12 heteroatoms. The minimum Gasteiger partial charge on any atom is -0.379 e. The number of rotatable bonds is 7. The van der Waals surface area contributed by atoms with Gasteiger partial charge in [0.25, 0.3) is 5.56 Å². The van der Waals surface area contributed by atoms with Gasteiger partial charge < -0.3 is 10.1 Å². The van der Waals surface area contributed by atoms with Crippen LogP contribution < -0.4 is 10.9 Å². The maximum Gasteiger partial charge on any atom is 0.295 e. The number of hydrogen-bond donors (Lipinski definition) is 1. The molecule has 10 nitrogen and oxygen atoms in total. The van der Waals surface area contributed by atoms with Gasteiger partial charge >= 0.3 is 0 Å². The van der Waals surface area contributed by atoms with Crippen molar-refractivity contribution in [3.8, 4) is 0 Å². The summed E-state index contributed by atoms with van der Waals surface area (Å²) in [6.45, 7) is 1.77. The van der Waals surface area contributed by atoms with E-state index in [2.05, 4.69) is 25.3 Å². The Labute approximate surface area is 190 Å². The zero-order valence-electron chi connectivity index (χ0n) is 17.7. The van der Waals surface area contributed by atoms with E-state index < -0.39 is 9.84 Å². The first-order chi connectivity index (χ1) is 15.3. The maximum atomic E-state index is 13.4. The van der Waals surface area contributed by atoms with Crippen LogP contribution in [0.5, 0.6) is 0 Å². The molecule has 3 aromatic heterocycles. The highest BCUT2D eigenvalue weighted by molar-refractivity contribution is 7.91. The summed E-state index contributed by atoms with van der Waals surface area (Å²) in [5.41, 5.74) is 1.01. The Hall–Kier alpha value is -2.63. The highest BCUT2D eigenvalue weighted by atomic mass is 35.5. The molecule has 0 aromatic carbocycles. The van der Waals surface area contributed by atoms with Crippen molar-refractivity contribution >= 4 is 38.4 Å². The van der Waals surface area contributed by atoms with Gasteiger partial charge in [0, 0.05) is 13.3 Å². The molecule has 1 N–H and O–H groups in total. The van der Waals surface area contributed by atoms with Gasteiger partial charge in [0.05, 0.1) is 41.2 Å². The third kappa shape index (κ3) is 4.32. The van der Waals surface area contributed by atoms with Crippen LogP contribution in [0.3, 0.4) is 0 Å². The van der Waals surface area contributed by atoms with Crippen LogP contribution in [0, 0.1) is 0 Å². The van der Waals surface area contributed by atoms with Crippen LogP contribution >= 0.6 is 11.6 Å². The molecule has 0 amide bonds. The molecule has 0 spiro atoms. The fraction of sp³-hybridized carbons (Fsp3) is 0.450. The molecule has 3 aromatic rings. The summed E-state index contributed by atoms with van der Waals surface area (Å²) < 4.78 is 31.1. The zero-order valence-corrected chi connectivity index (χ0v) is 19.2. The van der Waals surface area contributed by atoms with Crippen LogP contribution in [0.2, 0.25) is 5.28 Å². The molecule has 1 fully saturated rings. The SMILES string of the molecule is CCS(=O)(=O)c1ccc(CNc2nc3cnc(Cl)nc3n([C@H]3CCC[C@@H]3OC)c2=O)nc1. The van der Waals surface area contributed by atoms with Crippen molar-refractivity contribution in [2.24, 2.45) is 0 Å². The predicted molar refractivity (Wildman–Crippen MR) is 120 cm³/mol. The summed E-state index contributed by atoms with van der Waals surface area (Å²) in [7, 11) is -1.69. The molecule has 2 atom stereocenters. The van der Waals surface area contributed by atoms with E-state index in [4.69, 9.17) is 16.3 Å². The number of methoxy groups -OCH3 is 1. The van der Waals surface area contributed by atoms with Crippen molar-refractivity contribution < 1.29 is 13.2 Å². The highest BCUT2D eigenvalue weighted by Crippen LogP contribution is 2.33. The first-order valence-electron chi connectivity index (χ1n) is 10.2. The van der Waals surface area contributed by atoms with E-state index >= 15 is 0 Å². The van der Waals surface area contributed by atoms with E-state index in [0.717, 1.165) is 19.3 Å². The molecular formula is C20H23ClN6O4S. The minimum absolute atomic E-state index is 0.00253. The molecule has 1 saturated carbocycles. The normalized spacial score (nSPS) is 18.8. The summed E-state index contributed by atoms with van der Waals surface area (Å²) in [6, 6.07) is 2.92. The van der Waals surface area contributed by atoms with Crippen molar-refractivity contribution in [1.82, 2.24) is 24.5 Å². The molecule has 0 bridgehead atoms. The fourth-order valence-corrected chi connectivity index (χ4v) is 4.87. The van der Waals surface area contributed by atoms with E-state index in [0.29, 0.717) is 16.9 Å². The highest BCUT2D eigenvalue weighted by Gasteiger charge is 2.32. The Balaban J connectivity index is 1.68. The number of pyridine rings is 1. The van der Waals surface area contributed by atoms with Crippen LogP contribution in [0.15, 0.2) is 34.2 Å². The minimum atomic E-state index is -3.32. The number of nitrogens with zero attached hydrogens (tertiary/aromatic N) is 5. The molecule has 1 aliphatic rings. The van der Waals surface area contributed by atoms with E-state index in [1.807, 2.05) is 0 Å². The Kier molecular flexibility index (Phi) is 6.40. The molecular weight excluding hydrogens is 456 g/mol. The van der Waals surface area contributed by atoms with Gasteiger partial charge in [-0.15, -0.1) is 0 Å². The lowest BCUT2D eigenvalue weighted by atomic mass is 10.2. The molecule has 4 rings (SSSR count). The van der Waals surface area contributed by atoms with Gasteiger partial charge in [-0.1, -0.05) is 6.92 Å². The second-order valence-corrected chi connectivity index (χ2v) is 10.1. The van der Waals surface area contributed by atoms with E-state index in [1.54, 1.807) is 24.7 Å². The summed E-state index contributed by atoms with van der Waals surface area (Å²) >= 11 is 5.99. The first kappa shape index (κ1) is 22.6. The molecule has 1 aliphatic carbocycles. The number of aromatic nitrogens is 5. The average Bonchev–Trinajstić information content (AvgIpc) is 3.26. The standard InChI is InChI=1S/C20H23ClN6O4S/c1-3-32(29,30)13-8-7-12(22-10-13)9-23-17-19(28)27(15-5-4-6-16(15)31-2)18-14(25-17)11-24-20(21)26-18/h7-8,10-11,15-16H,3-6,9H2,1-2H3,(H,23,25)/t15-,16-/m0/s1. The Bertz CT molecular complexity index is 1300. The molecule has 0 saturated heterocycles. The van der Waals surface area contributed by atoms with Crippen molar-refractivity contribution in [2.75, 3.05) is 18.2 Å². The Morgan fingerprint density at radius 3 is 2.72 bits per heavy atom. The summed E-state index contributed by atoms with van der Waals surface area (Å²) in [6.07, 6.45) is 5.22. The maximum absolute atomic E-state index is 13.4. The van der Waals surface area contributed by atoms with Gasteiger partial charge in [0.15, 0.2) is 21.3 Å². The van der Waals surface area contributed by atoms with Crippen LogP contribution in [0.1, 0.15) is 37.9 Å². The monoisotopic (exact) mass is 478 g/mol. The molecule has 0 radical (unpaired) electrons. The molecule has 0 unspecified atom stereocenters. The summed E-state index contributed by atoms with van der Waals surface area (Å²) in [5.74, 6) is 0.125. The third-order valence-corrected chi connectivity index (χ3v) is 7.53. The van der Waals surface area contributed by atoms with Gasteiger partial charge in [-0.3, -0.25) is 14.3 Å². The third-order valence-electron chi connectivity index (χ3n) is 5.63. The second kappa shape index (κ2) is 9.08. The Morgan fingerprint density at radius 1 is 1.22 bits per heavy atom. The van der Waals surface area contributed by atoms with E-state index in [1.165, 1.54) is 18.5 Å². The zero-order chi connectivity index (χ0) is 22.9. The van der Waals surface area contributed by atoms with E-state index in [9.17, 15) is 13.2 Å². The van der Waals surface area contributed by atoms with Crippen molar-refractivity contribution in [3.63, 3.8) is 0 Å². The first-order valence-corrected chi connectivity index (χ1v) is 12.3. The molecule has 32 heavy (non-hydrogen) atoms. The van der Waals surface area contributed by atoms with Crippen molar-refractivity contribution in [1.29, 1.82) is 0 Å². The molecule has 170 valence electrons. The smallest absolute Gasteiger partial charge is 0.295 e. The van der Waals surface area contributed by atoms with Gasteiger partial charge in [-0.2, -0.15) is 4.98 Å². The lowest BCUT2D eigenvalue weighted by molar-refractivity contribution is 0.0751. The number of fused-ring (bicyclic) bond motifs is 1. The van der Waals surface area contributed by atoms with Crippen LogP contribution in [-0.2, 0) is 21.1 Å². The number of sulfone groups is 1. The van der Waals surface area contributed by atoms with Gasteiger partial charge in [-0.25, -0.2) is 18.4 Å². The molecule has 0 aliphatic heterocycles. The van der Waals surface area contributed by atoms with Crippen LogP contribution in [0.4, 0.5) is 5.82 Å². The number of nitrogens with one attached hydrogen (secondary N) is 1. The number of hydrogen-bond acceptors (Lipinski definition) is 9. The van der Waals surface area contributed by atoms with Crippen molar-refractivity contribution in [3.05, 3.63) is 45.9 Å². The lowest BCUT2D eigenvalue weighted by Crippen LogP contribution is -2.33. The second-order valence-electron chi connectivity index (χ2n) is 7.50. The number of ether oxygens (including phenoxy) is 1. The lowest BCUT2D eigenvalue weighted by Gasteiger charge is -2.22. The quantitative estimate of drug-likeness (QED) is 0.508. The number of halogens is 1. The summed E-state index contributed by atoms with van der Waals surface area (Å²) in [5, 5.41) is 3.05. The van der Waals surface area contributed by atoms with Crippen LogP contribution in [-0.4, -0.2) is 51.9 Å². The van der Waals surface area contributed by atoms with Gasteiger partial charge in [0.1, 0.15) is 5.52 Å². The van der Waals surface area contributed by atoms with Crippen molar-refractivity contribution in [2.45, 2.75) is 49.8 Å². The van der Waals surface area contributed by atoms with Crippen LogP contribution in [0.25, 0.3) is 11.2 Å².